The molecule has 0 fully saturated rings. The molecule has 0 aliphatic carbocycles. The zero-order valence-electron chi connectivity index (χ0n) is 8.86. The van der Waals surface area contributed by atoms with Gasteiger partial charge in [-0.05, 0) is 39.5 Å². The van der Waals surface area contributed by atoms with Gasteiger partial charge in [0.15, 0.2) is 0 Å². The van der Waals surface area contributed by atoms with Crippen molar-refractivity contribution in [3.63, 3.8) is 0 Å². The monoisotopic (exact) mass is 331 g/mol. The Bertz CT molecular complexity index is 489. The van der Waals surface area contributed by atoms with E-state index in [4.69, 9.17) is 11.6 Å². The highest BCUT2D eigenvalue weighted by Gasteiger charge is 2.09. The lowest BCUT2D eigenvalue weighted by molar-refractivity contribution is 0.195. The van der Waals surface area contributed by atoms with Gasteiger partial charge in [0.25, 0.3) is 0 Å². The minimum absolute atomic E-state index is 0.458. The van der Waals surface area contributed by atoms with Crippen molar-refractivity contribution in [3.05, 3.63) is 50.1 Å². The molecule has 2 N–H and O–H groups in total. The second-order valence-electron chi connectivity index (χ2n) is 3.51. The van der Waals surface area contributed by atoms with Gasteiger partial charge in [0, 0.05) is 11.4 Å². The summed E-state index contributed by atoms with van der Waals surface area (Å²) < 4.78 is 0.819. The van der Waals surface area contributed by atoms with Crippen LogP contribution in [0.4, 0.5) is 5.69 Å². The third-order valence-corrected chi connectivity index (χ3v) is 4.68. The molecule has 2 nitrogen and oxygen atoms in total. The van der Waals surface area contributed by atoms with Gasteiger partial charge in [0.2, 0.25) is 0 Å². The number of benzene rings is 1. The fourth-order valence-electron chi connectivity index (χ4n) is 1.43. The average molecular weight is 333 g/mol. The maximum Gasteiger partial charge on any atom is 0.105 e. The van der Waals surface area contributed by atoms with Crippen molar-refractivity contribution in [2.45, 2.75) is 6.10 Å². The van der Waals surface area contributed by atoms with E-state index in [-0.39, 0.29) is 0 Å². The standard InChI is InChI=1S/C12H11BrClNOS/c13-12-8(14)3-1-4-9(12)15-7-10(16)11-5-2-6-17-11/h1-6,10,15-16H,7H2. The third kappa shape index (κ3) is 3.22. The lowest BCUT2D eigenvalue weighted by atomic mass is 10.2. The van der Waals surface area contributed by atoms with Crippen LogP contribution in [0, 0.1) is 0 Å². The van der Waals surface area contributed by atoms with E-state index in [1.165, 1.54) is 0 Å². The molecule has 0 aliphatic rings. The van der Waals surface area contributed by atoms with Gasteiger partial charge in [-0.2, -0.15) is 0 Å². The van der Waals surface area contributed by atoms with E-state index < -0.39 is 6.10 Å². The smallest absolute Gasteiger partial charge is 0.105 e. The molecule has 1 heterocycles. The topological polar surface area (TPSA) is 32.3 Å². The van der Waals surface area contributed by atoms with Crippen molar-refractivity contribution >= 4 is 44.6 Å². The molecular weight excluding hydrogens is 322 g/mol. The first kappa shape index (κ1) is 12.9. The van der Waals surface area contributed by atoms with Gasteiger partial charge in [0.05, 0.1) is 15.2 Å². The maximum absolute atomic E-state index is 9.93. The highest BCUT2D eigenvalue weighted by molar-refractivity contribution is 9.10. The number of halogens is 2. The molecule has 0 saturated carbocycles. The van der Waals surface area contributed by atoms with Gasteiger partial charge >= 0.3 is 0 Å². The van der Waals surface area contributed by atoms with Crippen molar-refractivity contribution in [1.29, 1.82) is 0 Å². The number of rotatable bonds is 4. The van der Waals surface area contributed by atoms with Crippen molar-refractivity contribution in [2.75, 3.05) is 11.9 Å². The summed E-state index contributed by atoms with van der Waals surface area (Å²) in [6, 6.07) is 9.44. The Morgan fingerprint density at radius 3 is 2.88 bits per heavy atom. The molecule has 1 aromatic carbocycles. The summed E-state index contributed by atoms with van der Waals surface area (Å²) in [4.78, 5) is 0.954. The van der Waals surface area contributed by atoms with Crippen LogP contribution < -0.4 is 5.32 Å². The summed E-state index contributed by atoms with van der Waals surface area (Å²) in [6.45, 7) is 0.458. The molecule has 0 bridgehead atoms. The van der Waals surface area contributed by atoms with Crippen LogP contribution in [0.1, 0.15) is 11.0 Å². The van der Waals surface area contributed by atoms with Crippen molar-refractivity contribution in [3.8, 4) is 0 Å². The first-order valence-electron chi connectivity index (χ1n) is 5.08. The van der Waals surface area contributed by atoms with E-state index in [0.29, 0.717) is 11.6 Å². The van der Waals surface area contributed by atoms with Gasteiger partial charge in [-0.25, -0.2) is 0 Å². The van der Waals surface area contributed by atoms with Gasteiger partial charge in [-0.15, -0.1) is 11.3 Å². The van der Waals surface area contributed by atoms with Gasteiger partial charge in [-0.3, -0.25) is 0 Å². The summed E-state index contributed by atoms with van der Waals surface area (Å²) in [5, 5.41) is 15.7. The fourth-order valence-corrected chi connectivity index (χ4v) is 2.72. The number of nitrogens with one attached hydrogen (secondary N) is 1. The third-order valence-electron chi connectivity index (χ3n) is 2.31. The van der Waals surface area contributed by atoms with Crippen LogP contribution >= 0.6 is 38.9 Å². The lowest BCUT2D eigenvalue weighted by Gasteiger charge is -2.13. The summed E-state index contributed by atoms with van der Waals surface area (Å²) in [5.74, 6) is 0. The van der Waals surface area contributed by atoms with E-state index in [9.17, 15) is 5.11 Å². The predicted molar refractivity (Wildman–Crippen MR) is 76.9 cm³/mol. The molecule has 1 aromatic heterocycles. The van der Waals surface area contributed by atoms with E-state index >= 15 is 0 Å². The predicted octanol–water partition coefficient (Wildman–Crippen LogP) is 4.31. The molecule has 0 spiro atoms. The van der Waals surface area contributed by atoms with Crippen molar-refractivity contribution in [2.24, 2.45) is 0 Å². The molecule has 0 saturated heterocycles. The molecule has 1 unspecified atom stereocenters. The summed E-state index contributed by atoms with van der Waals surface area (Å²) in [6.07, 6.45) is -0.499. The Morgan fingerprint density at radius 2 is 2.18 bits per heavy atom. The molecule has 0 amide bonds. The Labute approximate surface area is 117 Å². The zero-order chi connectivity index (χ0) is 12.3. The number of aliphatic hydroxyl groups excluding tert-OH is 1. The van der Waals surface area contributed by atoms with Crippen LogP contribution in [0.2, 0.25) is 5.02 Å². The first-order chi connectivity index (χ1) is 8.18. The van der Waals surface area contributed by atoms with Gasteiger partial charge in [0.1, 0.15) is 6.10 Å². The Morgan fingerprint density at radius 1 is 1.35 bits per heavy atom. The summed E-state index contributed by atoms with van der Waals surface area (Å²) >= 11 is 10.9. The van der Waals surface area contributed by atoms with Crippen LogP contribution in [0.5, 0.6) is 0 Å². The van der Waals surface area contributed by atoms with Gasteiger partial charge in [-0.1, -0.05) is 23.7 Å². The maximum atomic E-state index is 9.93. The van der Waals surface area contributed by atoms with Crippen LogP contribution in [0.3, 0.4) is 0 Å². The van der Waals surface area contributed by atoms with E-state index in [1.54, 1.807) is 11.3 Å². The minimum atomic E-state index is -0.499. The second kappa shape index (κ2) is 5.87. The van der Waals surface area contributed by atoms with E-state index in [1.807, 2.05) is 35.7 Å². The second-order valence-corrected chi connectivity index (χ2v) is 5.69. The van der Waals surface area contributed by atoms with Crippen LogP contribution in [0.25, 0.3) is 0 Å². The van der Waals surface area contributed by atoms with Crippen LogP contribution in [-0.2, 0) is 0 Å². The summed E-state index contributed by atoms with van der Waals surface area (Å²) in [5.41, 5.74) is 0.883. The Kier molecular flexibility index (Phi) is 4.45. The molecule has 2 aromatic rings. The molecule has 1 atom stereocenters. The zero-order valence-corrected chi connectivity index (χ0v) is 12.0. The van der Waals surface area contributed by atoms with Crippen LogP contribution in [-0.4, -0.2) is 11.7 Å². The summed E-state index contributed by atoms with van der Waals surface area (Å²) in [7, 11) is 0. The molecule has 90 valence electrons. The molecular formula is C12H11BrClNOS. The SMILES string of the molecule is OC(CNc1cccc(Cl)c1Br)c1cccs1. The molecule has 2 rings (SSSR count). The highest BCUT2D eigenvalue weighted by atomic mass is 79.9. The number of hydrogen-bond donors (Lipinski definition) is 2. The highest BCUT2D eigenvalue weighted by Crippen LogP contribution is 2.30. The molecule has 5 heteroatoms. The molecule has 0 radical (unpaired) electrons. The normalized spacial score (nSPS) is 12.4. The number of aliphatic hydroxyl groups is 1. The van der Waals surface area contributed by atoms with E-state index in [0.717, 1.165) is 15.0 Å². The van der Waals surface area contributed by atoms with Gasteiger partial charge < -0.3 is 10.4 Å². The minimum Gasteiger partial charge on any atom is -0.386 e. The Balaban J connectivity index is 2.00. The number of thiophene rings is 1. The number of hydrogen-bond acceptors (Lipinski definition) is 3. The van der Waals surface area contributed by atoms with Crippen molar-refractivity contribution < 1.29 is 5.11 Å². The molecule has 0 aliphatic heterocycles. The number of anilines is 1. The lowest BCUT2D eigenvalue weighted by Crippen LogP contribution is -2.11. The quantitative estimate of drug-likeness (QED) is 0.874. The largest absolute Gasteiger partial charge is 0.386 e. The van der Waals surface area contributed by atoms with Crippen molar-refractivity contribution in [1.82, 2.24) is 0 Å². The van der Waals surface area contributed by atoms with Crippen LogP contribution in [0.15, 0.2) is 40.2 Å². The van der Waals surface area contributed by atoms with E-state index in [2.05, 4.69) is 21.2 Å². The molecule has 17 heavy (non-hydrogen) atoms. The Hall–Kier alpha value is -0.550. The first-order valence-corrected chi connectivity index (χ1v) is 7.13. The average Bonchev–Trinajstić information content (AvgIpc) is 2.84. The fraction of sp³-hybridized carbons (Fsp3) is 0.167.